The number of nitrogens with zero attached hydrogens (tertiary/aromatic N) is 4. The fourth-order valence-corrected chi connectivity index (χ4v) is 5.30. The molecule has 1 fully saturated rings. The largest absolute Gasteiger partial charge is 0.326 e. The molecule has 0 unspecified atom stereocenters. The highest BCUT2D eigenvalue weighted by Crippen LogP contribution is 2.27. The number of hydrogen-bond donors (Lipinski definition) is 1. The first kappa shape index (κ1) is 21.9. The number of carbonyl (C=O) groups excluding carboxylic acids is 2. The molecule has 3 heterocycles. The number of nitrogens with one attached hydrogen (secondary N) is 1. The number of carbonyl (C=O) groups is 2. The molecule has 0 radical (unpaired) electrons. The van der Waals surface area contributed by atoms with E-state index in [1.54, 1.807) is 6.07 Å². The van der Waals surface area contributed by atoms with Crippen molar-refractivity contribution in [1.29, 1.82) is 0 Å². The number of aryl methyl sites for hydroxylation is 1. The van der Waals surface area contributed by atoms with Crippen molar-refractivity contribution < 1.29 is 9.59 Å². The lowest BCUT2D eigenvalue weighted by molar-refractivity contribution is -0.116. The van der Waals surface area contributed by atoms with Crippen LogP contribution in [0.15, 0.2) is 53.7 Å². The molecule has 1 amide bonds. The van der Waals surface area contributed by atoms with E-state index in [9.17, 15) is 9.59 Å². The molecule has 170 valence electrons. The molecule has 8 heteroatoms. The van der Waals surface area contributed by atoms with Gasteiger partial charge in [-0.05, 0) is 74.7 Å². The summed E-state index contributed by atoms with van der Waals surface area (Å²) in [4.78, 5) is 27.2. The van der Waals surface area contributed by atoms with Gasteiger partial charge in [0.05, 0.1) is 12.3 Å². The molecule has 1 saturated heterocycles. The molecule has 0 atom stereocenters. The first-order valence-electron chi connectivity index (χ1n) is 11.5. The van der Waals surface area contributed by atoms with Crippen LogP contribution in [0.5, 0.6) is 0 Å². The zero-order valence-corrected chi connectivity index (χ0v) is 19.3. The summed E-state index contributed by atoms with van der Waals surface area (Å²) in [7, 11) is 0. The lowest BCUT2D eigenvalue weighted by atomic mass is 10.0. The Hall–Kier alpha value is -2.97. The molecular formula is C25H27N5O2S. The van der Waals surface area contributed by atoms with Gasteiger partial charge in [-0.2, -0.15) is 0 Å². The Morgan fingerprint density at radius 1 is 1.00 bits per heavy atom. The Morgan fingerprint density at radius 3 is 2.64 bits per heavy atom. The number of likely N-dealkylation sites (tertiary alicyclic amines) is 1. The Bertz CT molecular complexity index is 1150. The van der Waals surface area contributed by atoms with E-state index in [-0.39, 0.29) is 17.4 Å². The Morgan fingerprint density at radius 2 is 1.82 bits per heavy atom. The maximum atomic E-state index is 13.0. The second-order valence-electron chi connectivity index (χ2n) is 8.54. The van der Waals surface area contributed by atoms with Crippen LogP contribution < -0.4 is 5.32 Å². The van der Waals surface area contributed by atoms with E-state index in [0.29, 0.717) is 12.0 Å². The number of Topliss-reactive ketones (excluding diaryl/α,β-unsaturated/α-hetero) is 1. The molecule has 2 aromatic carbocycles. The topological polar surface area (TPSA) is 80.1 Å². The normalized spacial score (nSPS) is 16.3. The number of hydrogen-bond acceptors (Lipinski definition) is 6. The van der Waals surface area contributed by atoms with Gasteiger partial charge < -0.3 is 5.32 Å². The summed E-state index contributed by atoms with van der Waals surface area (Å²) < 4.78 is 2.07. The number of rotatable bonds is 7. The first-order valence-corrected chi connectivity index (χ1v) is 12.5. The number of ketones is 1. The van der Waals surface area contributed by atoms with E-state index in [1.165, 1.54) is 24.6 Å². The van der Waals surface area contributed by atoms with E-state index in [0.717, 1.165) is 60.4 Å². The zero-order chi connectivity index (χ0) is 22.6. The van der Waals surface area contributed by atoms with Crippen LogP contribution in [0.2, 0.25) is 0 Å². The van der Waals surface area contributed by atoms with E-state index in [2.05, 4.69) is 25.0 Å². The highest BCUT2D eigenvalue weighted by Gasteiger charge is 2.21. The molecule has 5 rings (SSSR count). The molecular weight excluding hydrogens is 434 g/mol. The standard InChI is InChI=1S/C25H27N5O2S/c31-22(19-11-12-21-18(15-19)7-6-10-24(32)26-21)17-33-25-28-27-23(16-29-13-4-5-14-29)30(25)20-8-2-1-3-9-20/h1-3,8-9,11-12,15H,4-7,10,13-14,16-17H2,(H,26,32). The van der Waals surface area contributed by atoms with Gasteiger partial charge in [0, 0.05) is 23.4 Å². The molecule has 2 aliphatic rings. The van der Waals surface area contributed by atoms with Crippen LogP contribution in [-0.2, 0) is 17.8 Å². The van der Waals surface area contributed by atoms with Crippen molar-refractivity contribution in [3.05, 3.63) is 65.5 Å². The third-order valence-electron chi connectivity index (χ3n) is 6.16. The van der Waals surface area contributed by atoms with Gasteiger partial charge in [-0.25, -0.2) is 0 Å². The van der Waals surface area contributed by atoms with E-state index < -0.39 is 0 Å². The number of anilines is 1. The van der Waals surface area contributed by atoms with Crippen LogP contribution in [0.1, 0.15) is 47.4 Å². The monoisotopic (exact) mass is 461 g/mol. The van der Waals surface area contributed by atoms with Gasteiger partial charge in [0.25, 0.3) is 0 Å². The van der Waals surface area contributed by atoms with Gasteiger partial charge in [-0.1, -0.05) is 30.0 Å². The van der Waals surface area contributed by atoms with Gasteiger partial charge in [0.2, 0.25) is 5.91 Å². The number of amides is 1. The van der Waals surface area contributed by atoms with E-state index >= 15 is 0 Å². The van der Waals surface area contributed by atoms with Crippen LogP contribution in [0, 0.1) is 0 Å². The van der Waals surface area contributed by atoms with Crippen molar-refractivity contribution in [3.63, 3.8) is 0 Å². The Balaban J connectivity index is 1.34. The summed E-state index contributed by atoms with van der Waals surface area (Å²) in [6.07, 6.45) is 4.55. The summed E-state index contributed by atoms with van der Waals surface area (Å²) in [5.41, 5.74) is 3.52. The summed E-state index contributed by atoms with van der Waals surface area (Å²) in [6.45, 7) is 2.93. The van der Waals surface area contributed by atoms with E-state index in [4.69, 9.17) is 0 Å². The molecule has 3 aromatic rings. The van der Waals surface area contributed by atoms with Crippen molar-refractivity contribution in [1.82, 2.24) is 19.7 Å². The average Bonchev–Trinajstić information content (AvgIpc) is 3.44. The maximum Gasteiger partial charge on any atom is 0.224 e. The van der Waals surface area contributed by atoms with Crippen LogP contribution in [0.3, 0.4) is 0 Å². The number of aromatic nitrogens is 3. The van der Waals surface area contributed by atoms with E-state index in [1.807, 2.05) is 42.5 Å². The van der Waals surface area contributed by atoms with Crippen LogP contribution in [0.25, 0.3) is 5.69 Å². The fraction of sp³-hybridized carbons (Fsp3) is 0.360. The summed E-state index contributed by atoms with van der Waals surface area (Å²) >= 11 is 1.42. The molecule has 2 aliphatic heterocycles. The van der Waals surface area contributed by atoms with Crippen LogP contribution in [-0.4, -0.2) is 50.2 Å². The van der Waals surface area contributed by atoms with Crippen molar-refractivity contribution in [2.45, 2.75) is 43.8 Å². The van der Waals surface area contributed by atoms with Crippen LogP contribution >= 0.6 is 11.8 Å². The quantitative estimate of drug-likeness (QED) is 0.421. The van der Waals surface area contributed by atoms with Gasteiger partial charge in [0.15, 0.2) is 16.8 Å². The Labute approximate surface area is 197 Å². The van der Waals surface area contributed by atoms with Crippen LogP contribution in [0.4, 0.5) is 5.69 Å². The fourth-order valence-electron chi connectivity index (χ4n) is 4.43. The molecule has 0 bridgehead atoms. The SMILES string of the molecule is O=C1CCCc2cc(C(=O)CSc3nnc(CN4CCCC4)n3-c3ccccc3)ccc2N1. The summed E-state index contributed by atoms with van der Waals surface area (Å²) in [5.74, 6) is 1.26. The highest BCUT2D eigenvalue weighted by molar-refractivity contribution is 7.99. The molecule has 7 nitrogen and oxygen atoms in total. The third kappa shape index (κ3) is 5.02. The summed E-state index contributed by atoms with van der Waals surface area (Å²) in [5, 5.41) is 12.6. The lowest BCUT2D eigenvalue weighted by Gasteiger charge is -2.16. The minimum atomic E-state index is 0.0355. The first-order chi connectivity index (χ1) is 16.2. The molecule has 0 saturated carbocycles. The number of thioether (sulfide) groups is 1. The molecule has 0 aliphatic carbocycles. The van der Waals surface area contributed by atoms with Crippen molar-refractivity contribution in [2.24, 2.45) is 0 Å². The molecule has 1 aromatic heterocycles. The minimum absolute atomic E-state index is 0.0355. The summed E-state index contributed by atoms with van der Waals surface area (Å²) in [6, 6.07) is 15.7. The van der Waals surface area contributed by atoms with Crippen molar-refractivity contribution >= 4 is 29.1 Å². The third-order valence-corrected chi connectivity index (χ3v) is 7.09. The highest BCUT2D eigenvalue weighted by atomic mass is 32.2. The van der Waals surface area contributed by atoms with Crippen molar-refractivity contribution in [3.8, 4) is 5.69 Å². The number of para-hydroxylation sites is 1. The number of benzene rings is 2. The molecule has 33 heavy (non-hydrogen) atoms. The van der Waals surface area contributed by atoms with Crippen molar-refractivity contribution in [2.75, 3.05) is 24.2 Å². The molecule has 1 N–H and O–H groups in total. The van der Waals surface area contributed by atoms with Gasteiger partial charge in [0.1, 0.15) is 0 Å². The minimum Gasteiger partial charge on any atom is -0.326 e. The maximum absolute atomic E-state index is 13.0. The Kier molecular flexibility index (Phi) is 6.55. The zero-order valence-electron chi connectivity index (χ0n) is 18.5. The number of fused-ring (bicyclic) bond motifs is 1. The van der Waals surface area contributed by atoms with Gasteiger partial charge >= 0.3 is 0 Å². The lowest BCUT2D eigenvalue weighted by Crippen LogP contribution is -2.21. The average molecular weight is 462 g/mol. The molecule has 0 spiro atoms. The smallest absolute Gasteiger partial charge is 0.224 e. The second-order valence-corrected chi connectivity index (χ2v) is 9.48. The second kappa shape index (κ2) is 9.89. The predicted octanol–water partition coefficient (Wildman–Crippen LogP) is 4.11. The van der Waals surface area contributed by atoms with Gasteiger partial charge in [-0.3, -0.25) is 19.1 Å². The predicted molar refractivity (Wildman–Crippen MR) is 129 cm³/mol. The van der Waals surface area contributed by atoms with Gasteiger partial charge in [-0.15, -0.1) is 10.2 Å².